The first-order valence-electron chi connectivity index (χ1n) is 53.6. The molecule has 8 aliphatic rings. The SMILES string of the molecule is COC(=O)CCNc1nc(N(CCOCCOCCOCCOCCC(=O)CCCNC(=O)OCC2[C@H]3CCC#CCC[C@@H]23)CCOCCOCCOCCOCCC(=O)NCCNC(=O)OCC2[C@H]3CCC#CCC[C@@H]23)nc(N(CCOCCOCCOCCOCCC(=O)CCCNC(=O)OCC2[C@H]3CCC#CCC[C@@H]23)CCOCCOCCOCCOCCC(=O)NCCNC(=O)OCC2[C@H]3CCC#CCC[C@@H]23)n1. The van der Waals surface area contributed by atoms with Crippen LogP contribution in [-0.2, 0) is 123 Å². The Morgan fingerprint density at radius 1 is 0.259 bits per heavy atom. The molecule has 0 spiro atoms. The lowest BCUT2D eigenvalue weighted by atomic mass is 10.1. The van der Waals surface area contributed by atoms with Gasteiger partial charge in [0.05, 0.1) is 251 Å². The van der Waals surface area contributed by atoms with Crippen molar-refractivity contribution >= 4 is 71.6 Å². The highest BCUT2D eigenvalue weighted by molar-refractivity contribution is 5.79. The van der Waals surface area contributed by atoms with Crippen LogP contribution < -0.4 is 47.0 Å². The number of Topliss-reactive ketones (excluding diaryl/α,β-unsaturated/α-hetero) is 2. The lowest BCUT2D eigenvalue weighted by Crippen LogP contribution is -2.36. The molecular weight excluding hydrogens is 1910 g/mol. The summed E-state index contributed by atoms with van der Waals surface area (Å²) in [5.41, 5.74) is 0. The molecule has 1 heterocycles. The second kappa shape index (κ2) is 78.1. The Kier molecular flexibility index (Phi) is 64.5. The molecule has 4 fully saturated rings. The van der Waals surface area contributed by atoms with Crippen LogP contribution in [0.5, 0.6) is 0 Å². The van der Waals surface area contributed by atoms with E-state index in [0.29, 0.717) is 255 Å². The average molecular weight is 2080 g/mol. The van der Waals surface area contributed by atoms with Gasteiger partial charge in [0, 0.05) is 162 Å². The molecule has 147 heavy (non-hydrogen) atoms. The van der Waals surface area contributed by atoms with Gasteiger partial charge in [0.25, 0.3) is 0 Å². The summed E-state index contributed by atoms with van der Waals surface area (Å²) in [5, 5.41) is 19.7. The van der Waals surface area contributed by atoms with Gasteiger partial charge in [-0.1, -0.05) is 0 Å². The van der Waals surface area contributed by atoms with Crippen molar-refractivity contribution in [3.05, 3.63) is 0 Å². The van der Waals surface area contributed by atoms with Gasteiger partial charge in [0.2, 0.25) is 29.7 Å². The number of nitrogens with one attached hydrogen (secondary N) is 7. The number of ether oxygens (including phenoxy) is 21. The van der Waals surface area contributed by atoms with Crippen LogP contribution >= 0.6 is 0 Å². The summed E-state index contributed by atoms with van der Waals surface area (Å²) in [5.74, 6) is 32.0. The second-order valence-electron chi connectivity index (χ2n) is 37.1. The summed E-state index contributed by atoms with van der Waals surface area (Å²) >= 11 is 0. The van der Waals surface area contributed by atoms with E-state index in [1.54, 1.807) is 0 Å². The van der Waals surface area contributed by atoms with E-state index in [1.807, 2.05) is 9.80 Å². The average Bonchev–Trinajstić information content (AvgIpc) is 1.64. The van der Waals surface area contributed by atoms with Gasteiger partial charge >= 0.3 is 30.3 Å². The molecule has 7 N–H and O–H groups in total. The summed E-state index contributed by atoms with van der Waals surface area (Å²) in [6, 6.07) is 0. The summed E-state index contributed by atoms with van der Waals surface area (Å²) in [7, 11) is 1.31. The molecule has 0 radical (unpaired) electrons. The van der Waals surface area contributed by atoms with Crippen LogP contribution in [0.3, 0.4) is 0 Å². The zero-order valence-corrected chi connectivity index (χ0v) is 86.8. The minimum atomic E-state index is -0.485. The van der Waals surface area contributed by atoms with E-state index in [-0.39, 0.29) is 225 Å². The van der Waals surface area contributed by atoms with Crippen molar-refractivity contribution in [2.24, 2.45) is 71.0 Å². The topological polar surface area (TPSA) is 477 Å². The summed E-state index contributed by atoms with van der Waals surface area (Å²) in [6.45, 7) is 13.4. The van der Waals surface area contributed by atoms with Gasteiger partial charge in [-0.05, 0) is 135 Å². The van der Waals surface area contributed by atoms with Crippen LogP contribution in [-0.4, -0.2) is 386 Å². The van der Waals surface area contributed by atoms with Crippen LogP contribution in [0.2, 0.25) is 0 Å². The molecule has 0 aliphatic heterocycles. The number of carbonyl (C=O) groups is 9. The van der Waals surface area contributed by atoms with Gasteiger partial charge in [0.15, 0.2) is 0 Å². The van der Waals surface area contributed by atoms with Crippen molar-refractivity contribution in [1.82, 2.24) is 46.9 Å². The number of hydrogen-bond donors (Lipinski definition) is 7. The third-order valence-corrected chi connectivity index (χ3v) is 26.7. The monoisotopic (exact) mass is 2080 g/mol. The van der Waals surface area contributed by atoms with Gasteiger partial charge in [-0.2, -0.15) is 15.0 Å². The zero-order valence-electron chi connectivity index (χ0n) is 86.8. The van der Waals surface area contributed by atoms with Gasteiger partial charge in [0.1, 0.15) is 11.6 Å². The number of amides is 6. The van der Waals surface area contributed by atoms with Crippen molar-refractivity contribution in [1.29, 1.82) is 0 Å². The minimum absolute atomic E-state index is 0.0146. The predicted molar refractivity (Wildman–Crippen MR) is 540 cm³/mol. The first-order chi connectivity index (χ1) is 72.3. The lowest BCUT2D eigenvalue weighted by Gasteiger charge is -2.27. The van der Waals surface area contributed by atoms with Gasteiger partial charge < -0.3 is 146 Å². The van der Waals surface area contributed by atoms with Crippen molar-refractivity contribution in [3.63, 3.8) is 0 Å². The smallest absolute Gasteiger partial charge is 0.407 e. The Labute approximate surface area is 867 Å². The molecule has 4 unspecified atom stereocenters. The first-order valence-corrected chi connectivity index (χ1v) is 53.6. The maximum atomic E-state index is 12.5. The van der Waals surface area contributed by atoms with E-state index in [9.17, 15) is 43.2 Å². The fourth-order valence-electron chi connectivity index (χ4n) is 18.3. The largest absolute Gasteiger partial charge is 0.469 e. The molecule has 9 rings (SSSR count). The Morgan fingerprint density at radius 3 is 0.735 bits per heavy atom. The van der Waals surface area contributed by atoms with E-state index in [4.69, 9.17) is 114 Å². The number of esters is 1. The van der Waals surface area contributed by atoms with Gasteiger partial charge in [-0.25, -0.2) is 19.2 Å². The number of fused-ring (bicyclic) bond motifs is 4. The molecule has 1 aromatic heterocycles. The highest BCUT2D eigenvalue weighted by atomic mass is 16.6. The first kappa shape index (κ1) is 121. The van der Waals surface area contributed by atoms with Gasteiger partial charge in [-0.3, -0.25) is 24.0 Å². The van der Waals surface area contributed by atoms with Crippen LogP contribution in [0.1, 0.15) is 161 Å². The number of alkyl carbamates (subject to hydrolysis) is 4. The Hall–Kier alpha value is -9.16. The Balaban J connectivity index is 0.677. The Bertz CT molecular complexity index is 3630. The number of rotatable bonds is 88. The van der Waals surface area contributed by atoms with Crippen molar-refractivity contribution < 1.29 is 143 Å². The van der Waals surface area contributed by atoms with E-state index < -0.39 is 30.3 Å². The number of anilines is 3. The molecule has 0 saturated heterocycles. The number of carbonyl (C=O) groups excluding carboxylic acids is 9. The molecule has 1 aromatic rings. The van der Waals surface area contributed by atoms with Crippen molar-refractivity contribution in [2.45, 2.75) is 161 Å². The van der Waals surface area contributed by atoms with Crippen molar-refractivity contribution in [3.8, 4) is 47.4 Å². The number of ketones is 2. The fourth-order valence-corrected chi connectivity index (χ4v) is 18.3. The second-order valence-corrected chi connectivity index (χ2v) is 37.1. The molecular formula is C105H166N12O30. The third kappa shape index (κ3) is 56.0. The number of nitrogens with zero attached hydrogens (tertiary/aromatic N) is 5. The molecule has 0 aromatic carbocycles. The number of methoxy groups -OCH3 is 1. The molecule has 6 amide bonds. The number of hydrogen-bond acceptors (Lipinski definition) is 36. The highest BCUT2D eigenvalue weighted by Gasteiger charge is 2.52. The predicted octanol–water partition coefficient (Wildman–Crippen LogP) is 6.88. The fraction of sp³-hybridized carbons (Fsp3) is 0.810. The molecule has 12 atom stereocenters. The van der Waals surface area contributed by atoms with E-state index in [0.717, 1.165) is 103 Å². The summed E-state index contributed by atoms with van der Waals surface area (Å²) in [4.78, 5) is 130. The van der Waals surface area contributed by atoms with Crippen LogP contribution in [0, 0.1) is 118 Å². The molecule has 4 saturated carbocycles. The molecule has 42 nitrogen and oxygen atoms in total. The highest BCUT2D eigenvalue weighted by Crippen LogP contribution is 2.55. The van der Waals surface area contributed by atoms with Crippen LogP contribution in [0.15, 0.2) is 0 Å². The Morgan fingerprint density at radius 2 is 0.483 bits per heavy atom. The quantitative estimate of drug-likeness (QED) is 0.0151. The van der Waals surface area contributed by atoms with E-state index >= 15 is 0 Å². The third-order valence-electron chi connectivity index (χ3n) is 26.7. The normalized spacial score (nSPS) is 20.4. The minimum Gasteiger partial charge on any atom is -0.469 e. The van der Waals surface area contributed by atoms with Crippen LogP contribution in [0.25, 0.3) is 0 Å². The van der Waals surface area contributed by atoms with Crippen molar-refractivity contribution in [2.75, 3.05) is 332 Å². The lowest BCUT2D eigenvalue weighted by molar-refractivity contribution is -0.140. The van der Waals surface area contributed by atoms with E-state index in [1.165, 1.54) is 7.11 Å². The van der Waals surface area contributed by atoms with Crippen LogP contribution in [0.4, 0.5) is 37.0 Å². The van der Waals surface area contributed by atoms with E-state index in [2.05, 4.69) is 84.6 Å². The molecule has 0 bridgehead atoms. The van der Waals surface area contributed by atoms with Gasteiger partial charge in [-0.15, -0.1) is 47.4 Å². The summed E-state index contributed by atoms with van der Waals surface area (Å²) < 4.78 is 120. The maximum absolute atomic E-state index is 12.5. The maximum Gasteiger partial charge on any atom is 0.407 e. The number of aromatic nitrogens is 3. The molecule has 8 aliphatic carbocycles. The standard InChI is InChI=1S/C105H166N12O30/c1-127-98(122)30-37-108-99-113-100(116(42-50-132-58-66-140-74-70-136-62-54-128-46-31-82(118)20-18-35-109-102(123)144-78-92-84-22-10-2-3-11-23-85(84)92)44-52-134-60-68-142-76-72-138-64-56-130-48-33-96(120)106-38-40-111-104(125)146-80-94-88-26-14-6-7-15-27-89(88)94)115-101(114-99)117(43-51-133-59-67-141-75-71-137-63-55-129-47-32-83(119)21-19-36-110-103(124)145-79-93-86-24-12-4-5-13-25-87(86)93)45-53-135-61-69-143-77-73-139-65-57-131-49-34-97(121)107-39-41-112-105(126)147-81-95-90-28-16-8-9-17-29-91(90)95/h84-95H,10-81H2,1H3,(H,106,120)(H,107,121)(H,109,123)(H,110,124)(H,111,125)(H,112,126)(H,108,113,114,115)/t84-,85+,86-,87+,88-,89+,90-,91+,92?,93?,94?,95?. The zero-order chi connectivity index (χ0) is 103. The molecule has 42 heteroatoms. The molecule has 826 valence electrons. The summed E-state index contributed by atoms with van der Waals surface area (Å²) in [6.07, 6.45) is 16.4.